The molecule has 1 atom stereocenters. The van der Waals surface area contributed by atoms with Gasteiger partial charge in [0.25, 0.3) is 0 Å². The third-order valence-electron chi connectivity index (χ3n) is 3.68. The number of hydrogen-bond acceptors (Lipinski definition) is 1. The number of aryl methyl sites for hydroxylation is 1. The van der Waals surface area contributed by atoms with Gasteiger partial charge in [-0.15, -0.1) is 0 Å². The van der Waals surface area contributed by atoms with Crippen LogP contribution >= 0.6 is 0 Å². The molecule has 0 aliphatic heterocycles. The van der Waals surface area contributed by atoms with Crippen LogP contribution in [0.4, 0.5) is 4.39 Å². The first-order chi connectivity index (χ1) is 10.2. The van der Waals surface area contributed by atoms with E-state index >= 15 is 0 Å². The molecule has 0 aliphatic rings. The van der Waals surface area contributed by atoms with E-state index in [1.807, 2.05) is 12.1 Å². The summed E-state index contributed by atoms with van der Waals surface area (Å²) in [6.07, 6.45) is 3.04. The maximum Gasteiger partial charge on any atom is 0.123 e. The standard InChI is InChI=1S/C19H24FN/c1-3-12-21-19(13-16-6-4-15(2)5-7-16)14-17-8-10-18(20)11-9-17/h4-11,19,21H,3,12-14H2,1-2H3. The number of hydrogen-bond donors (Lipinski definition) is 1. The molecule has 1 unspecified atom stereocenters. The van der Waals surface area contributed by atoms with Crippen molar-refractivity contribution in [1.82, 2.24) is 5.32 Å². The second-order valence-corrected chi connectivity index (χ2v) is 5.67. The number of rotatable bonds is 7. The highest BCUT2D eigenvalue weighted by Crippen LogP contribution is 2.11. The van der Waals surface area contributed by atoms with Crippen LogP contribution in [-0.4, -0.2) is 12.6 Å². The third-order valence-corrected chi connectivity index (χ3v) is 3.68. The summed E-state index contributed by atoms with van der Waals surface area (Å²) in [4.78, 5) is 0. The molecule has 0 radical (unpaired) electrons. The van der Waals surface area contributed by atoms with E-state index in [4.69, 9.17) is 0 Å². The summed E-state index contributed by atoms with van der Waals surface area (Å²) in [5.74, 6) is -0.171. The second kappa shape index (κ2) is 7.94. The zero-order valence-corrected chi connectivity index (χ0v) is 12.9. The summed E-state index contributed by atoms with van der Waals surface area (Å²) in [7, 11) is 0. The average molecular weight is 285 g/mol. The quantitative estimate of drug-likeness (QED) is 0.800. The fraction of sp³-hybridized carbons (Fsp3) is 0.368. The summed E-state index contributed by atoms with van der Waals surface area (Å²) in [6, 6.07) is 15.9. The van der Waals surface area contributed by atoms with E-state index in [0.29, 0.717) is 6.04 Å². The van der Waals surface area contributed by atoms with Gasteiger partial charge in [-0.25, -0.2) is 4.39 Å². The SMILES string of the molecule is CCCNC(Cc1ccc(C)cc1)Cc1ccc(F)cc1. The molecule has 0 bridgehead atoms. The van der Waals surface area contributed by atoms with Gasteiger partial charge in [0.15, 0.2) is 0 Å². The smallest absolute Gasteiger partial charge is 0.123 e. The molecule has 2 aromatic carbocycles. The Hall–Kier alpha value is -1.67. The Labute approximate surface area is 127 Å². The highest BCUT2D eigenvalue weighted by molar-refractivity contribution is 5.23. The number of nitrogens with one attached hydrogen (secondary N) is 1. The highest BCUT2D eigenvalue weighted by atomic mass is 19.1. The molecule has 0 aromatic heterocycles. The summed E-state index contributed by atoms with van der Waals surface area (Å²) in [5.41, 5.74) is 3.81. The van der Waals surface area contributed by atoms with Gasteiger partial charge in [-0.05, 0) is 56.0 Å². The lowest BCUT2D eigenvalue weighted by Gasteiger charge is -2.19. The molecule has 2 rings (SSSR count). The summed E-state index contributed by atoms with van der Waals surface area (Å²) >= 11 is 0. The molecule has 112 valence electrons. The van der Waals surface area contributed by atoms with E-state index in [-0.39, 0.29) is 5.82 Å². The topological polar surface area (TPSA) is 12.0 Å². The molecule has 1 nitrogen and oxygen atoms in total. The molecule has 0 amide bonds. The van der Waals surface area contributed by atoms with E-state index < -0.39 is 0 Å². The molecular weight excluding hydrogens is 261 g/mol. The van der Waals surface area contributed by atoms with Gasteiger partial charge in [-0.1, -0.05) is 48.9 Å². The lowest BCUT2D eigenvalue weighted by atomic mass is 9.98. The fourth-order valence-electron chi connectivity index (χ4n) is 2.48. The number of halogens is 1. The molecule has 1 N–H and O–H groups in total. The first-order valence-electron chi connectivity index (χ1n) is 7.70. The van der Waals surface area contributed by atoms with Gasteiger partial charge in [0.2, 0.25) is 0 Å². The Morgan fingerprint density at radius 1 is 0.905 bits per heavy atom. The molecule has 0 aliphatic carbocycles. The minimum atomic E-state index is -0.171. The van der Waals surface area contributed by atoms with Crippen molar-refractivity contribution in [2.45, 2.75) is 39.2 Å². The minimum Gasteiger partial charge on any atom is -0.313 e. The normalized spacial score (nSPS) is 12.3. The van der Waals surface area contributed by atoms with Crippen LogP contribution in [0.1, 0.15) is 30.0 Å². The van der Waals surface area contributed by atoms with Gasteiger partial charge in [0, 0.05) is 6.04 Å². The first-order valence-corrected chi connectivity index (χ1v) is 7.70. The molecule has 2 aromatic rings. The van der Waals surface area contributed by atoms with Crippen LogP contribution in [0.15, 0.2) is 48.5 Å². The second-order valence-electron chi connectivity index (χ2n) is 5.67. The summed E-state index contributed by atoms with van der Waals surface area (Å²) in [6.45, 7) is 5.29. The van der Waals surface area contributed by atoms with E-state index in [1.165, 1.54) is 28.8 Å². The van der Waals surface area contributed by atoms with E-state index in [1.54, 1.807) is 0 Å². The predicted octanol–water partition coefficient (Wildman–Crippen LogP) is 4.29. The van der Waals surface area contributed by atoms with Gasteiger partial charge >= 0.3 is 0 Å². The first kappa shape index (κ1) is 15.7. The van der Waals surface area contributed by atoms with E-state index in [9.17, 15) is 4.39 Å². The van der Waals surface area contributed by atoms with Crippen molar-refractivity contribution in [2.24, 2.45) is 0 Å². The Morgan fingerprint density at radius 2 is 1.43 bits per heavy atom. The third kappa shape index (κ3) is 5.31. The van der Waals surface area contributed by atoms with Crippen LogP contribution in [0.2, 0.25) is 0 Å². The van der Waals surface area contributed by atoms with Crippen LogP contribution in [-0.2, 0) is 12.8 Å². The lowest BCUT2D eigenvalue weighted by molar-refractivity contribution is 0.504. The molecule has 0 saturated heterocycles. The van der Waals surface area contributed by atoms with Crippen molar-refractivity contribution in [3.63, 3.8) is 0 Å². The predicted molar refractivity (Wildman–Crippen MR) is 87.1 cm³/mol. The zero-order valence-electron chi connectivity index (χ0n) is 12.9. The van der Waals surface area contributed by atoms with Gasteiger partial charge in [-0.2, -0.15) is 0 Å². The largest absolute Gasteiger partial charge is 0.313 e. The molecule has 0 spiro atoms. The highest BCUT2D eigenvalue weighted by Gasteiger charge is 2.10. The van der Waals surface area contributed by atoms with Crippen molar-refractivity contribution in [3.05, 3.63) is 71.0 Å². The van der Waals surface area contributed by atoms with Gasteiger partial charge < -0.3 is 5.32 Å². The molecule has 0 saturated carbocycles. The van der Waals surface area contributed by atoms with Crippen molar-refractivity contribution in [3.8, 4) is 0 Å². The molecule has 0 fully saturated rings. The summed E-state index contributed by atoms with van der Waals surface area (Å²) in [5, 5.41) is 3.60. The van der Waals surface area contributed by atoms with Crippen LogP contribution < -0.4 is 5.32 Å². The van der Waals surface area contributed by atoms with Crippen LogP contribution in [0.5, 0.6) is 0 Å². The maximum absolute atomic E-state index is 13.0. The van der Waals surface area contributed by atoms with Crippen molar-refractivity contribution in [2.75, 3.05) is 6.54 Å². The van der Waals surface area contributed by atoms with E-state index in [2.05, 4.69) is 43.4 Å². The van der Waals surface area contributed by atoms with Crippen LogP contribution in [0.25, 0.3) is 0 Å². The number of benzene rings is 2. The van der Waals surface area contributed by atoms with Crippen molar-refractivity contribution >= 4 is 0 Å². The maximum atomic E-state index is 13.0. The fourth-order valence-corrected chi connectivity index (χ4v) is 2.48. The Kier molecular flexibility index (Phi) is 5.94. The molecule has 21 heavy (non-hydrogen) atoms. The average Bonchev–Trinajstić information content (AvgIpc) is 2.49. The van der Waals surface area contributed by atoms with Crippen LogP contribution in [0, 0.1) is 12.7 Å². The molecule has 0 heterocycles. The zero-order chi connectivity index (χ0) is 15.1. The Bertz CT molecular complexity index is 483. The minimum absolute atomic E-state index is 0.171. The van der Waals surface area contributed by atoms with Gasteiger partial charge in [0.1, 0.15) is 5.82 Å². The Morgan fingerprint density at radius 3 is 1.95 bits per heavy atom. The van der Waals surface area contributed by atoms with Crippen LogP contribution in [0.3, 0.4) is 0 Å². The van der Waals surface area contributed by atoms with E-state index in [0.717, 1.165) is 25.8 Å². The Balaban J connectivity index is 2.02. The van der Waals surface area contributed by atoms with Gasteiger partial charge in [-0.3, -0.25) is 0 Å². The molecule has 2 heteroatoms. The summed E-state index contributed by atoms with van der Waals surface area (Å²) < 4.78 is 13.0. The lowest BCUT2D eigenvalue weighted by Crippen LogP contribution is -2.33. The van der Waals surface area contributed by atoms with Gasteiger partial charge in [0.05, 0.1) is 0 Å². The van der Waals surface area contributed by atoms with Crippen molar-refractivity contribution < 1.29 is 4.39 Å². The monoisotopic (exact) mass is 285 g/mol. The molecular formula is C19H24FN. The van der Waals surface area contributed by atoms with Crippen molar-refractivity contribution in [1.29, 1.82) is 0 Å².